The van der Waals surface area contributed by atoms with Gasteiger partial charge in [-0.1, -0.05) is 37.0 Å². The quantitative estimate of drug-likeness (QED) is 0.856. The van der Waals surface area contributed by atoms with Crippen LogP contribution < -0.4 is 9.62 Å². The van der Waals surface area contributed by atoms with Crippen LogP contribution in [-0.2, 0) is 14.8 Å². The Kier molecular flexibility index (Phi) is 6.27. The first-order valence-electron chi connectivity index (χ1n) is 8.63. The minimum Gasteiger partial charge on any atom is -0.354 e. The van der Waals surface area contributed by atoms with Crippen molar-refractivity contribution in [1.82, 2.24) is 5.32 Å². The lowest BCUT2D eigenvalue weighted by Gasteiger charge is -2.29. The highest BCUT2D eigenvalue weighted by atomic mass is 32.2. The van der Waals surface area contributed by atoms with Crippen LogP contribution in [0.5, 0.6) is 0 Å². The first kappa shape index (κ1) is 18.8. The van der Waals surface area contributed by atoms with Crippen molar-refractivity contribution in [2.75, 3.05) is 17.1 Å². The number of rotatable bonds is 6. The number of carbonyl (C=O) groups is 1. The summed E-state index contributed by atoms with van der Waals surface area (Å²) in [6.45, 7) is 4.21. The van der Waals surface area contributed by atoms with Gasteiger partial charge in [0.05, 0.1) is 11.9 Å². The third kappa shape index (κ3) is 4.97. The van der Waals surface area contributed by atoms with Crippen molar-refractivity contribution in [2.24, 2.45) is 5.92 Å². The summed E-state index contributed by atoms with van der Waals surface area (Å²) < 4.78 is 25.6. The summed E-state index contributed by atoms with van der Waals surface area (Å²) in [5, 5.41) is 2.94. The number of sulfonamides is 1. The molecule has 0 saturated heterocycles. The molecule has 0 aromatic heterocycles. The van der Waals surface area contributed by atoms with Gasteiger partial charge >= 0.3 is 0 Å². The zero-order valence-corrected chi connectivity index (χ0v) is 15.6. The van der Waals surface area contributed by atoms with Crippen molar-refractivity contribution in [2.45, 2.75) is 52.0 Å². The van der Waals surface area contributed by atoms with Gasteiger partial charge in [0.25, 0.3) is 0 Å². The molecule has 1 aliphatic carbocycles. The van der Waals surface area contributed by atoms with Crippen LogP contribution in [0.3, 0.4) is 0 Å². The van der Waals surface area contributed by atoms with E-state index in [1.54, 1.807) is 19.1 Å². The molecular weight excluding hydrogens is 324 g/mol. The van der Waals surface area contributed by atoms with Gasteiger partial charge in [0.15, 0.2) is 0 Å². The van der Waals surface area contributed by atoms with Crippen LogP contribution in [0.1, 0.15) is 44.6 Å². The molecule has 1 atom stereocenters. The zero-order valence-electron chi connectivity index (χ0n) is 14.8. The van der Waals surface area contributed by atoms with Gasteiger partial charge in [0.2, 0.25) is 15.9 Å². The van der Waals surface area contributed by atoms with Crippen LogP contribution in [0.15, 0.2) is 24.3 Å². The van der Waals surface area contributed by atoms with Crippen LogP contribution in [0.4, 0.5) is 5.69 Å². The SMILES string of the molecule is Cc1ccc(N(C(C)C(=O)NCC2CCCCC2)S(C)(=O)=O)cc1. The second-order valence-electron chi connectivity index (χ2n) is 6.82. The summed E-state index contributed by atoms with van der Waals surface area (Å²) in [5.41, 5.74) is 1.56. The lowest BCUT2D eigenvalue weighted by Crippen LogP contribution is -2.48. The van der Waals surface area contributed by atoms with Gasteiger partial charge in [-0.15, -0.1) is 0 Å². The first-order chi connectivity index (χ1) is 11.3. The molecule has 0 heterocycles. The number of anilines is 1. The fraction of sp³-hybridized carbons (Fsp3) is 0.611. The molecule has 1 amide bonds. The number of amides is 1. The standard InChI is InChI=1S/C18H28N2O3S/c1-14-9-11-17(12-10-14)20(24(3,22)23)15(2)18(21)19-13-16-7-5-4-6-8-16/h9-12,15-16H,4-8,13H2,1-3H3,(H,19,21). The molecule has 1 fully saturated rings. The molecule has 1 aliphatic rings. The van der Waals surface area contributed by atoms with E-state index in [1.807, 2.05) is 19.1 Å². The van der Waals surface area contributed by atoms with Gasteiger partial charge in [-0.25, -0.2) is 8.42 Å². The topological polar surface area (TPSA) is 66.5 Å². The molecule has 0 bridgehead atoms. The van der Waals surface area contributed by atoms with Gasteiger partial charge < -0.3 is 5.32 Å². The number of benzene rings is 1. The Morgan fingerprint density at radius 3 is 2.33 bits per heavy atom. The minimum absolute atomic E-state index is 0.244. The van der Waals surface area contributed by atoms with E-state index in [-0.39, 0.29) is 5.91 Å². The van der Waals surface area contributed by atoms with Gasteiger partial charge in [-0.2, -0.15) is 0 Å². The Bertz CT molecular complexity index is 649. The second kappa shape index (κ2) is 8.01. The van der Waals surface area contributed by atoms with Crippen molar-refractivity contribution in [3.63, 3.8) is 0 Å². The van der Waals surface area contributed by atoms with E-state index in [9.17, 15) is 13.2 Å². The Balaban J connectivity index is 2.08. The van der Waals surface area contributed by atoms with E-state index in [0.717, 1.165) is 24.7 Å². The second-order valence-corrected chi connectivity index (χ2v) is 8.68. The summed E-state index contributed by atoms with van der Waals surface area (Å²) in [7, 11) is -3.55. The number of hydrogen-bond donors (Lipinski definition) is 1. The van der Waals surface area contributed by atoms with Crippen LogP contribution in [0.2, 0.25) is 0 Å². The average Bonchev–Trinajstić information content (AvgIpc) is 2.54. The molecule has 1 unspecified atom stereocenters. The fourth-order valence-electron chi connectivity index (χ4n) is 3.28. The summed E-state index contributed by atoms with van der Waals surface area (Å²) in [6.07, 6.45) is 7.13. The molecular formula is C18H28N2O3S. The maximum Gasteiger partial charge on any atom is 0.243 e. The van der Waals surface area contributed by atoms with Crippen LogP contribution in [0.25, 0.3) is 0 Å². The Hall–Kier alpha value is -1.56. The van der Waals surface area contributed by atoms with Crippen molar-refractivity contribution in [1.29, 1.82) is 0 Å². The largest absolute Gasteiger partial charge is 0.354 e. The van der Waals surface area contributed by atoms with E-state index in [0.29, 0.717) is 18.2 Å². The molecule has 1 saturated carbocycles. The van der Waals surface area contributed by atoms with Crippen LogP contribution in [-0.4, -0.2) is 33.2 Å². The van der Waals surface area contributed by atoms with E-state index in [4.69, 9.17) is 0 Å². The maximum atomic E-state index is 12.5. The normalized spacial score (nSPS) is 17.3. The first-order valence-corrected chi connectivity index (χ1v) is 10.5. The maximum absolute atomic E-state index is 12.5. The molecule has 1 aromatic carbocycles. The van der Waals surface area contributed by atoms with Gasteiger partial charge in [-0.05, 0) is 44.7 Å². The Morgan fingerprint density at radius 1 is 1.21 bits per heavy atom. The minimum atomic E-state index is -3.55. The monoisotopic (exact) mass is 352 g/mol. The highest BCUT2D eigenvalue weighted by molar-refractivity contribution is 7.92. The van der Waals surface area contributed by atoms with Gasteiger partial charge in [0, 0.05) is 6.54 Å². The lowest BCUT2D eigenvalue weighted by atomic mass is 9.89. The third-order valence-electron chi connectivity index (χ3n) is 4.67. The van der Waals surface area contributed by atoms with E-state index < -0.39 is 16.1 Å². The summed E-state index contributed by atoms with van der Waals surface area (Å²) in [4.78, 5) is 12.5. The molecule has 1 aromatic rings. The predicted molar refractivity (Wildman–Crippen MR) is 97.5 cm³/mol. The third-order valence-corrected chi connectivity index (χ3v) is 5.91. The molecule has 0 aliphatic heterocycles. The van der Waals surface area contributed by atoms with Crippen molar-refractivity contribution in [3.8, 4) is 0 Å². The molecule has 6 heteroatoms. The van der Waals surface area contributed by atoms with Crippen molar-refractivity contribution < 1.29 is 13.2 Å². The fourth-order valence-corrected chi connectivity index (χ4v) is 4.46. The predicted octanol–water partition coefficient (Wildman–Crippen LogP) is 2.85. The van der Waals surface area contributed by atoms with E-state index in [1.165, 1.54) is 23.6 Å². The number of nitrogens with zero attached hydrogens (tertiary/aromatic N) is 1. The van der Waals surface area contributed by atoms with E-state index >= 15 is 0 Å². The van der Waals surface area contributed by atoms with Gasteiger partial charge in [0.1, 0.15) is 6.04 Å². The highest BCUT2D eigenvalue weighted by Crippen LogP contribution is 2.24. The Labute approximate surface area is 145 Å². The van der Waals surface area contributed by atoms with Crippen molar-refractivity contribution >= 4 is 21.6 Å². The molecule has 1 N–H and O–H groups in total. The molecule has 0 radical (unpaired) electrons. The smallest absolute Gasteiger partial charge is 0.243 e. The highest BCUT2D eigenvalue weighted by Gasteiger charge is 2.29. The number of aryl methyl sites for hydroxylation is 1. The number of nitrogens with one attached hydrogen (secondary N) is 1. The summed E-state index contributed by atoms with van der Waals surface area (Å²) >= 11 is 0. The number of hydrogen-bond acceptors (Lipinski definition) is 3. The summed E-state index contributed by atoms with van der Waals surface area (Å²) in [5.74, 6) is 0.271. The average molecular weight is 352 g/mol. The van der Waals surface area contributed by atoms with Crippen LogP contribution >= 0.6 is 0 Å². The molecule has 134 valence electrons. The van der Waals surface area contributed by atoms with Gasteiger partial charge in [-0.3, -0.25) is 9.10 Å². The molecule has 2 rings (SSSR count). The summed E-state index contributed by atoms with van der Waals surface area (Å²) in [6, 6.07) is 6.40. The zero-order chi connectivity index (χ0) is 17.7. The lowest BCUT2D eigenvalue weighted by molar-refractivity contribution is -0.122. The van der Waals surface area contributed by atoms with E-state index in [2.05, 4.69) is 5.32 Å². The van der Waals surface area contributed by atoms with Crippen molar-refractivity contribution in [3.05, 3.63) is 29.8 Å². The molecule has 5 nitrogen and oxygen atoms in total. The van der Waals surface area contributed by atoms with Crippen LogP contribution in [0, 0.1) is 12.8 Å². The number of carbonyl (C=O) groups excluding carboxylic acids is 1. The molecule has 24 heavy (non-hydrogen) atoms. The Morgan fingerprint density at radius 2 is 1.79 bits per heavy atom. The molecule has 0 spiro atoms.